The van der Waals surface area contributed by atoms with Crippen LogP contribution in [-0.2, 0) is 16.1 Å². The zero-order chi connectivity index (χ0) is 13.9. The minimum absolute atomic E-state index is 0.153. The number of hydrogen-bond donors (Lipinski definition) is 1. The second-order valence-electron chi connectivity index (χ2n) is 5.29. The first-order valence-corrected chi connectivity index (χ1v) is 6.95. The number of carbonyl (C=O) groups is 1. The van der Waals surface area contributed by atoms with Crippen molar-refractivity contribution in [1.82, 2.24) is 5.32 Å². The molecular weight excluding hydrogens is 258 g/mol. The first kappa shape index (κ1) is 13.2. The van der Waals surface area contributed by atoms with E-state index in [1.807, 2.05) is 18.2 Å². The molecule has 0 saturated heterocycles. The number of rotatable bonds is 6. The van der Waals surface area contributed by atoms with Gasteiger partial charge in [-0.3, -0.25) is 4.79 Å². The fourth-order valence-electron chi connectivity index (χ4n) is 2.47. The van der Waals surface area contributed by atoms with Crippen molar-refractivity contribution in [3.8, 4) is 11.5 Å². The van der Waals surface area contributed by atoms with Crippen molar-refractivity contribution >= 4 is 5.97 Å². The van der Waals surface area contributed by atoms with E-state index in [9.17, 15) is 4.79 Å². The van der Waals surface area contributed by atoms with E-state index in [4.69, 9.17) is 14.2 Å². The third-order valence-electron chi connectivity index (χ3n) is 3.81. The SMILES string of the molecule is COC(=O)CC(NCc1ccc2c(c1)OCO2)C1CC1. The number of benzene rings is 1. The van der Waals surface area contributed by atoms with Crippen molar-refractivity contribution in [3.63, 3.8) is 0 Å². The average Bonchev–Trinajstić information content (AvgIpc) is 3.20. The fraction of sp³-hybridized carbons (Fsp3) is 0.533. The molecular formula is C15H19NO4. The van der Waals surface area contributed by atoms with Crippen LogP contribution in [0.15, 0.2) is 18.2 Å². The van der Waals surface area contributed by atoms with Gasteiger partial charge in [0.15, 0.2) is 11.5 Å². The summed E-state index contributed by atoms with van der Waals surface area (Å²) in [6.07, 6.45) is 2.82. The van der Waals surface area contributed by atoms with E-state index in [1.54, 1.807) is 0 Å². The largest absolute Gasteiger partial charge is 0.469 e. The summed E-state index contributed by atoms with van der Waals surface area (Å²) < 4.78 is 15.4. The molecule has 20 heavy (non-hydrogen) atoms. The van der Waals surface area contributed by atoms with Gasteiger partial charge in [0.25, 0.3) is 0 Å². The first-order chi connectivity index (χ1) is 9.76. The Kier molecular flexibility index (Phi) is 3.78. The molecule has 1 aromatic carbocycles. The molecule has 1 heterocycles. The maximum Gasteiger partial charge on any atom is 0.307 e. The van der Waals surface area contributed by atoms with Crippen LogP contribution in [0.2, 0.25) is 0 Å². The summed E-state index contributed by atoms with van der Waals surface area (Å²) in [5, 5.41) is 3.46. The monoisotopic (exact) mass is 277 g/mol. The maximum atomic E-state index is 11.4. The summed E-state index contributed by atoms with van der Waals surface area (Å²) in [5.41, 5.74) is 1.13. The molecule has 2 aliphatic rings. The van der Waals surface area contributed by atoms with Gasteiger partial charge >= 0.3 is 5.97 Å². The van der Waals surface area contributed by atoms with Crippen molar-refractivity contribution in [2.24, 2.45) is 5.92 Å². The summed E-state index contributed by atoms with van der Waals surface area (Å²) >= 11 is 0. The second-order valence-corrected chi connectivity index (χ2v) is 5.29. The summed E-state index contributed by atoms with van der Waals surface area (Å²) in [4.78, 5) is 11.4. The highest BCUT2D eigenvalue weighted by Crippen LogP contribution is 2.35. The summed E-state index contributed by atoms with van der Waals surface area (Å²) in [6.45, 7) is 1.01. The number of carbonyl (C=O) groups excluding carboxylic acids is 1. The summed E-state index contributed by atoms with van der Waals surface area (Å²) in [7, 11) is 1.43. The van der Waals surface area contributed by atoms with Crippen LogP contribution in [0.5, 0.6) is 11.5 Å². The molecule has 5 heteroatoms. The summed E-state index contributed by atoms with van der Waals surface area (Å²) in [5.74, 6) is 2.03. The lowest BCUT2D eigenvalue weighted by Crippen LogP contribution is -2.33. The molecule has 1 saturated carbocycles. The molecule has 108 valence electrons. The smallest absolute Gasteiger partial charge is 0.307 e. The van der Waals surface area contributed by atoms with Gasteiger partial charge in [0.1, 0.15) is 0 Å². The molecule has 0 amide bonds. The number of hydrogen-bond acceptors (Lipinski definition) is 5. The average molecular weight is 277 g/mol. The molecule has 1 unspecified atom stereocenters. The van der Waals surface area contributed by atoms with E-state index in [0.29, 0.717) is 19.1 Å². The van der Waals surface area contributed by atoms with Crippen LogP contribution in [0.25, 0.3) is 0 Å². The molecule has 0 spiro atoms. The van der Waals surface area contributed by atoms with Crippen LogP contribution in [0, 0.1) is 5.92 Å². The third kappa shape index (κ3) is 3.04. The molecule has 1 aliphatic heterocycles. The Morgan fingerprint density at radius 2 is 2.20 bits per heavy atom. The number of ether oxygens (including phenoxy) is 3. The van der Waals surface area contributed by atoms with Crippen LogP contribution in [0.1, 0.15) is 24.8 Å². The summed E-state index contributed by atoms with van der Waals surface area (Å²) in [6, 6.07) is 6.12. The molecule has 1 N–H and O–H groups in total. The normalized spacial score (nSPS) is 17.9. The van der Waals surface area contributed by atoms with Crippen LogP contribution in [-0.4, -0.2) is 25.9 Å². The van der Waals surface area contributed by atoms with E-state index in [2.05, 4.69) is 5.32 Å². The van der Waals surface area contributed by atoms with E-state index in [0.717, 1.165) is 23.6 Å². The van der Waals surface area contributed by atoms with Gasteiger partial charge < -0.3 is 19.5 Å². The Labute approximate surface area is 118 Å². The molecule has 5 nitrogen and oxygen atoms in total. The number of fused-ring (bicyclic) bond motifs is 1. The van der Waals surface area contributed by atoms with Crippen molar-refractivity contribution in [3.05, 3.63) is 23.8 Å². The van der Waals surface area contributed by atoms with Gasteiger partial charge in [-0.05, 0) is 36.5 Å². The predicted octanol–water partition coefficient (Wildman–Crippen LogP) is 1.85. The Balaban J connectivity index is 1.58. The highest BCUT2D eigenvalue weighted by Gasteiger charge is 2.32. The second kappa shape index (κ2) is 5.71. The molecule has 1 aliphatic carbocycles. The zero-order valence-corrected chi connectivity index (χ0v) is 11.6. The lowest BCUT2D eigenvalue weighted by Gasteiger charge is -2.17. The highest BCUT2D eigenvalue weighted by molar-refractivity contribution is 5.70. The lowest BCUT2D eigenvalue weighted by atomic mass is 10.1. The van der Waals surface area contributed by atoms with Gasteiger partial charge in [-0.25, -0.2) is 0 Å². The predicted molar refractivity (Wildman–Crippen MR) is 72.5 cm³/mol. The molecule has 1 aromatic rings. The van der Waals surface area contributed by atoms with Crippen molar-refractivity contribution < 1.29 is 19.0 Å². The molecule has 0 aromatic heterocycles. The molecule has 0 radical (unpaired) electrons. The van der Waals surface area contributed by atoms with E-state index in [-0.39, 0.29) is 12.0 Å². The molecule has 1 atom stereocenters. The minimum Gasteiger partial charge on any atom is -0.469 e. The number of esters is 1. The number of nitrogens with one attached hydrogen (secondary N) is 1. The Hall–Kier alpha value is -1.75. The topological polar surface area (TPSA) is 56.8 Å². The Morgan fingerprint density at radius 1 is 1.40 bits per heavy atom. The fourth-order valence-corrected chi connectivity index (χ4v) is 2.47. The van der Waals surface area contributed by atoms with Crippen molar-refractivity contribution in [2.45, 2.75) is 31.8 Å². The standard InChI is InChI=1S/C15H19NO4/c1-18-15(17)7-12(11-3-4-11)16-8-10-2-5-13-14(6-10)20-9-19-13/h2,5-6,11-12,16H,3-4,7-9H2,1H3. The minimum atomic E-state index is -0.153. The van der Waals surface area contributed by atoms with Crippen LogP contribution in [0.4, 0.5) is 0 Å². The van der Waals surface area contributed by atoms with Crippen LogP contribution in [0.3, 0.4) is 0 Å². The van der Waals surface area contributed by atoms with Gasteiger partial charge in [0.05, 0.1) is 13.5 Å². The Morgan fingerprint density at radius 3 is 2.95 bits per heavy atom. The highest BCUT2D eigenvalue weighted by atomic mass is 16.7. The number of methoxy groups -OCH3 is 1. The van der Waals surface area contributed by atoms with Gasteiger partial charge in [-0.2, -0.15) is 0 Å². The van der Waals surface area contributed by atoms with E-state index < -0.39 is 0 Å². The van der Waals surface area contributed by atoms with Gasteiger partial charge in [-0.15, -0.1) is 0 Å². The van der Waals surface area contributed by atoms with Crippen molar-refractivity contribution in [1.29, 1.82) is 0 Å². The van der Waals surface area contributed by atoms with Crippen LogP contribution < -0.4 is 14.8 Å². The quantitative estimate of drug-likeness (QED) is 0.804. The zero-order valence-electron chi connectivity index (χ0n) is 11.6. The van der Waals surface area contributed by atoms with Crippen LogP contribution >= 0.6 is 0 Å². The molecule has 1 fully saturated rings. The Bertz CT molecular complexity index is 499. The third-order valence-corrected chi connectivity index (χ3v) is 3.81. The molecule has 0 bridgehead atoms. The van der Waals surface area contributed by atoms with Gasteiger partial charge in [-0.1, -0.05) is 6.07 Å². The van der Waals surface area contributed by atoms with E-state index in [1.165, 1.54) is 20.0 Å². The van der Waals surface area contributed by atoms with Gasteiger partial charge in [0.2, 0.25) is 6.79 Å². The van der Waals surface area contributed by atoms with Gasteiger partial charge in [0, 0.05) is 12.6 Å². The molecule has 3 rings (SSSR count). The maximum absolute atomic E-state index is 11.4. The van der Waals surface area contributed by atoms with Crippen molar-refractivity contribution in [2.75, 3.05) is 13.9 Å². The van der Waals surface area contributed by atoms with E-state index >= 15 is 0 Å². The first-order valence-electron chi connectivity index (χ1n) is 6.95. The lowest BCUT2D eigenvalue weighted by molar-refractivity contribution is -0.141.